The lowest BCUT2D eigenvalue weighted by molar-refractivity contribution is 0.173. The molecule has 0 aliphatic carbocycles. The van der Waals surface area contributed by atoms with Crippen molar-refractivity contribution in [3.63, 3.8) is 0 Å². The largest absolute Gasteiger partial charge is 0.388 e. The number of aliphatic hydroxyl groups is 1. The highest BCUT2D eigenvalue weighted by Crippen LogP contribution is 2.21. The van der Waals surface area contributed by atoms with Crippen LogP contribution in [-0.2, 0) is 6.42 Å². The predicted molar refractivity (Wildman–Crippen MR) is 79.8 cm³/mol. The van der Waals surface area contributed by atoms with Crippen molar-refractivity contribution in [3.8, 4) is 0 Å². The molecule has 20 heavy (non-hydrogen) atoms. The molecule has 1 unspecified atom stereocenters. The number of hydrogen-bond donors (Lipinski definition) is 1. The molecule has 0 aliphatic heterocycles. The van der Waals surface area contributed by atoms with Crippen LogP contribution in [0.2, 0.25) is 0 Å². The second kappa shape index (κ2) is 6.05. The summed E-state index contributed by atoms with van der Waals surface area (Å²) in [6.45, 7) is 4.10. The van der Waals surface area contributed by atoms with Crippen molar-refractivity contribution in [2.45, 2.75) is 32.4 Å². The highest BCUT2D eigenvalue weighted by molar-refractivity contribution is 5.46. The van der Waals surface area contributed by atoms with E-state index in [1.54, 1.807) is 0 Å². The average Bonchev–Trinajstić information content (AvgIpc) is 2.87. The summed E-state index contributed by atoms with van der Waals surface area (Å²) in [7, 11) is 3.99. The second-order valence-corrected chi connectivity index (χ2v) is 5.42. The van der Waals surface area contributed by atoms with Gasteiger partial charge in [-0.3, -0.25) is 0 Å². The Morgan fingerprint density at radius 3 is 2.40 bits per heavy atom. The third-order valence-electron chi connectivity index (χ3n) is 3.31. The minimum Gasteiger partial charge on any atom is -0.388 e. The molecule has 108 valence electrons. The van der Waals surface area contributed by atoms with Gasteiger partial charge in [0, 0.05) is 32.2 Å². The smallest absolute Gasteiger partial charge is 0.138 e. The van der Waals surface area contributed by atoms with E-state index < -0.39 is 6.10 Å². The summed E-state index contributed by atoms with van der Waals surface area (Å²) in [4.78, 5) is 6.27. The predicted octanol–water partition coefficient (Wildman–Crippen LogP) is 2.20. The van der Waals surface area contributed by atoms with E-state index in [-0.39, 0.29) is 6.04 Å². The standard InChI is InChI=1S/C15H22N4O/c1-11(2)19-15(16-10-17-19)9-14(20)12-5-7-13(8-6-12)18(3)4/h5-8,10-11,14,20H,9H2,1-4H3. The maximum absolute atomic E-state index is 10.3. The van der Waals surface area contributed by atoms with Crippen molar-refractivity contribution in [3.05, 3.63) is 42.0 Å². The van der Waals surface area contributed by atoms with E-state index >= 15 is 0 Å². The summed E-state index contributed by atoms with van der Waals surface area (Å²) < 4.78 is 1.84. The molecular formula is C15H22N4O. The van der Waals surface area contributed by atoms with Crippen molar-refractivity contribution < 1.29 is 5.11 Å². The van der Waals surface area contributed by atoms with Crippen LogP contribution in [-0.4, -0.2) is 34.0 Å². The fourth-order valence-electron chi connectivity index (χ4n) is 2.14. The van der Waals surface area contributed by atoms with Crippen LogP contribution in [0.25, 0.3) is 0 Å². The molecule has 0 saturated heterocycles. The van der Waals surface area contributed by atoms with Crippen molar-refractivity contribution in [1.29, 1.82) is 0 Å². The fraction of sp³-hybridized carbons (Fsp3) is 0.467. The molecule has 2 aromatic rings. The number of benzene rings is 1. The maximum Gasteiger partial charge on any atom is 0.138 e. The molecule has 1 N–H and O–H groups in total. The summed E-state index contributed by atoms with van der Waals surface area (Å²) in [5.74, 6) is 0.809. The molecule has 0 spiro atoms. The molecule has 0 saturated carbocycles. The van der Waals surface area contributed by atoms with Crippen LogP contribution in [0, 0.1) is 0 Å². The van der Waals surface area contributed by atoms with Crippen molar-refractivity contribution in [2.24, 2.45) is 0 Å². The molecular weight excluding hydrogens is 252 g/mol. The Labute approximate surface area is 119 Å². The molecule has 5 nitrogen and oxygen atoms in total. The Kier molecular flexibility index (Phi) is 4.39. The highest BCUT2D eigenvalue weighted by Gasteiger charge is 2.14. The molecule has 1 heterocycles. The van der Waals surface area contributed by atoms with Gasteiger partial charge in [-0.15, -0.1) is 0 Å². The molecule has 5 heteroatoms. The van der Waals surface area contributed by atoms with Crippen LogP contribution in [0.5, 0.6) is 0 Å². The quantitative estimate of drug-likeness (QED) is 0.908. The van der Waals surface area contributed by atoms with Gasteiger partial charge in [-0.05, 0) is 31.5 Å². The van der Waals surface area contributed by atoms with Gasteiger partial charge >= 0.3 is 0 Å². The summed E-state index contributed by atoms with van der Waals surface area (Å²) in [6.07, 6.45) is 1.45. The van der Waals surface area contributed by atoms with Gasteiger partial charge in [-0.2, -0.15) is 5.10 Å². The first-order valence-corrected chi connectivity index (χ1v) is 6.82. The van der Waals surface area contributed by atoms with Crippen LogP contribution >= 0.6 is 0 Å². The Morgan fingerprint density at radius 2 is 1.85 bits per heavy atom. The minimum atomic E-state index is -0.562. The number of nitrogens with zero attached hydrogens (tertiary/aromatic N) is 4. The molecule has 1 atom stereocenters. The van der Waals surface area contributed by atoms with E-state index in [1.165, 1.54) is 6.33 Å². The van der Waals surface area contributed by atoms with Crippen molar-refractivity contribution >= 4 is 5.69 Å². The monoisotopic (exact) mass is 274 g/mol. The van der Waals surface area contributed by atoms with E-state index in [0.717, 1.165) is 17.1 Å². The maximum atomic E-state index is 10.3. The SMILES string of the molecule is CC(C)n1ncnc1CC(O)c1ccc(N(C)C)cc1. The van der Waals surface area contributed by atoms with Crippen LogP contribution < -0.4 is 4.90 Å². The molecule has 0 aliphatic rings. The first-order chi connectivity index (χ1) is 9.49. The van der Waals surface area contributed by atoms with Crippen LogP contribution in [0.4, 0.5) is 5.69 Å². The van der Waals surface area contributed by atoms with E-state index in [9.17, 15) is 5.11 Å². The number of aliphatic hydroxyl groups excluding tert-OH is 1. The lowest BCUT2D eigenvalue weighted by Crippen LogP contribution is -2.12. The van der Waals surface area contributed by atoms with Crippen LogP contribution in [0.15, 0.2) is 30.6 Å². The Morgan fingerprint density at radius 1 is 1.20 bits per heavy atom. The number of aromatic nitrogens is 3. The van der Waals surface area contributed by atoms with Gasteiger partial charge < -0.3 is 10.0 Å². The third kappa shape index (κ3) is 3.17. The Balaban J connectivity index is 2.11. The van der Waals surface area contributed by atoms with Gasteiger partial charge in [-0.25, -0.2) is 9.67 Å². The molecule has 1 aromatic carbocycles. The zero-order valence-corrected chi connectivity index (χ0v) is 12.5. The van der Waals surface area contributed by atoms with E-state index in [0.29, 0.717) is 6.42 Å². The third-order valence-corrected chi connectivity index (χ3v) is 3.31. The van der Waals surface area contributed by atoms with Gasteiger partial charge in [0.15, 0.2) is 0 Å². The Hall–Kier alpha value is -1.88. The normalized spacial score (nSPS) is 12.7. The lowest BCUT2D eigenvalue weighted by atomic mass is 10.1. The van der Waals surface area contributed by atoms with Gasteiger partial charge in [0.05, 0.1) is 6.10 Å². The molecule has 1 aromatic heterocycles. The number of rotatable bonds is 5. The molecule has 0 fully saturated rings. The van der Waals surface area contributed by atoms with Gasteiger partial charge in [-0.1, -0.05) is 12.1 Å². The van der Waals surface area contributed by atoms with E-state index in [2.05, 4.69) is 23.9 Å². The zero-order chi connectivity index (χ0) is 14.7. The molecule has 2 rings (SSSR count). The van der Waals surface area contributed by atoms with Crippen LogP contribution in [0.3, 0.4) is 0 Å². The number of hydrogen-bond acceptors (Lipinski definition) is 4. The first kappa shape index (κ1) is 14.5. The molecule has 0 amide bonds. The van der Waals surface area contributed by atoms with Crippen molar-refractivity contribution in [1.82, 2.24) is 14.8 Å². The van der Waals surface area contributed by atoms with E-state index in [1.807, 2.05) is 47.9 Å². The van der Waals surface area contributed by atoms with E-state index in [4.69, 9.17) is 0 Å². The van der Waals surface area contributed by atoms with Crippen LogP contribution in [0.1, 0.15) is 37.4 Å². The summed E-state index contributed by atoms with van der Waals surface area (Å²) >= 11 is 0. The minimum absolute atomic E-state index is 0.246. The number of anilines is 1. The lowest BCUT2D eigenvalue weighted by Gasteiger charge is -2.16. The first-order valence-electron chi connectivity index (χ1n) is 6.82. The molecule has 0 bridgehead atoms. The Bertz CT molecular complexity index is 545. The van der Waals surface area contributed by atoms with Gasteiger partial charge in [0.1, 0.15) is 12.2 Å². The summed E-state index contributed by atoms with van der Waals surface area (Å²) in [6, 6.07) is 8.17. The van der Waals surface area contributed by atoms with Gasteiger partial charge in [0.2, 0.25) is 0 Å². The van der Waals surface area contributed by atoms with Crippen molar-refractivity contribution in [2.75, 3.05) is 19.0 Å². The second-order valence-electron chi connectivity index (χ2n) is 5.42. The van der Waals surface area contributed by atoms with Gasteiger partial charge in [0.25, 0.3) is 0 Å². The molecule has 0 radical (unpaired) electrons. The fourth-order valence-corrected chi connectivity index (χ4v) is 2.14. The summed E-state index contributed by atoms with van der Waals surface area (Å²) in [5, 5.41) is 14.5. The zero-order valence-electron chi connectivity index (χ0n) is 12.5. The summed E-state index contributed by atoms with van der Waals surface area (Å²) in [5.41, 5.74) is 2.01. The topological polar surface area (TPSA) is 54.2 Å². The highest BCUT2D eigenvalue weighted by atomic mass is 16.3. The average molecular weight is 274 g/mol.